The largest absolute Gasteiger partial charge is 0.356 e. The number of nitrogens with one attached hydrogen (secondary N) is 1. The molecule has 154 valence electrons. The summed E-state index contributed by atoms with van der Waals surface area (Å²) in [6.45, 7) is 0.951. The van der Waals surface area contributed by atoms with Crippen LogP contribution in [0.1, 0.15) is 31.5 Å². The average Bonchev–Trinajstić information content (AvgIpc) is 3.19. The molecule has 8 heteroatoms. The number of benzene rings is 1. The normalized spacial score (nSPS) is 11.2. The Hall–Kier alpha value is -3.55. The molecule has 0 radical (unpaired) electrons. The second-order valence-corrected chi connectivity index (χ2v) is 7.22. The number of fused-ring (bicyclic) bond motifs is 2. The van der Waals surface area contributed by atoms with Gasteiger partial charge in [-0.1, -0.05) is 24.6 Å². The van der Waals surface area contributed by atoms with Crippen LogP contribution in [-0.4, -0.2) is 36.6 Å². The van der Waals surface area contributed by atoms with E-state index in [0.29, 0.717) is 24.0 Å². The Morgan fingerprint density at radius 3 is 2.80 bits per heavy atom. The lowest BCUT2D eigenvalue weighted by molar-refractivity contribution is -0.121. The number of para-hydroxylation sites is 1. The maximum Gasteiger partial charge on any atom is 0.261 e. The highest BCUT2D eigenvalue weighted by Crippen LogP contribution is 2.07. The minimum atomic E-state index is -0.116. The number of carbonyl (C=O) groups is 1. The molecule has 0 saturated carbocycles. The third kappa shape index (κ3) is 4.53. The molecule has 0 atom stereocenters. The number of pyridine rings is 1. The topological polar surface area (TPSA) is 94.2 Å². The summed E-state index contributed by atoms with van der Waals surface area (Å²) < 4.78 is 3.50. The van der Waals surface area contributed by atoms with Crippen LogP contribution in [0.5, 0.6) is 0 Å². The predicted molar refractivity (Wildman–Crippen MR) is 114 cm³/mol. The Morgan fingerprint density at radius 1 is 1.00 bits per heavy atom. The summed E-state index contributed by atoms with van der Waals surface area (Å²) in [5, 5.41) is 11.9. The summed E-state index contributed by atoms with van der Waals surface area (Å²) in [5.41, 5.74) is 1.41. The van der Waals surface area contributed by atoms with Gasteiger partial charge in [0.25, 0.3) is 5.56 Å². The fourth-order valence-electron chi connectivity index (χ4n) is 3.45. The molecule has 1 aromatic carbocycles. The molecule has 0 bridgehead atoms. The number of hydrogen-bond acceptors (Lipinski definition) is 5. The van der Waals surface area contributed by atoms with E-state index in [4.69, 9.17) is 0 Å². The second-order valence-electron chi connectivity index (χ2n) is 7.22. The number of nitrogens with zero attached hydrogens (tertiary/aromatic N) is 5. The number of amides is 1. The Bertz CT molecular complexity index is 1210. The van der Waals surface area contributed by atoms with Crippen LogP contribution in [0.15, 0.2) is 59.8 Å². The number of hydrogen-bond donors (Lipinski definition) is 1. The van der Waals surface area contributed by atoms with E-state index in [0.717, 1.165) is 37.2 Å². The first kappa shape index (κ1) is 19.8. The van der Waals surface area contributed by atoms with E-state index >= 15 is 0 Å². The van der Waals surface area contributed by atoms with Crippen LogP contribution < -0.4 is 10.9 Å². The van der Waals surface area contributed by atoms with E-state index in [1.54, 1.807) is 12.1 Å². The van der Waals surface area contributed by atoms with Gasteiger partial charge in [0.2, 0.25) is 5.91 Å². The molecule has 8 nitrogen and oxygen atoms in total. The summed E-state index contributed by atoms with van der Waals surface area (Å²) in [7, 11) is 0. The molecule has 0 fully saturated rings. The highest BCUT2D eigenvalue weighted by Gasteiger charge is 2.07. The first-order valence-electron chi connectivity index (χ1n) is 10.2. The quantitative estimate of drug-likeness (QED) is 0.432. The van der Waals surface area contributed by atoms with Crippen molar-refractivity contribution in [3.63, 3.8) is 0 Å². The van der Waals surface area contributed by atoms with Crippen LogP contribution in [0.25, 0.3) is 16.6 Å². The van der Waals surface area contributed by atoms with Crippen molar-refractivity contribution in [1.82, 2.24) is 29.5 Å². The average molecular weight is 404 g/mol. The van der Waals surface area contributed by atoms with Crippen LogP contribution in [0.3, 0.4) is 0 Å². The smallest absolute Gasteiger partial charge is 0.261 e. The molecule has 1 N–H and O–H groups in total. The van der Waals surface area contributed by atoms with Crippen LogP contribution in [-0.2, 0) is 17.8 Å². The minimum Gasteiger partial charge on any atom is -0.356 e. The standard InChI is InChI=1S/C22H24N6O2/c29-21(12-15-27-16-24-18-9-4-3-8-17(18)22(27)30)23-13-6-1-2-10-19-25-26-20-11-5-7-14-28(19)20/h3-5,7-9,11,14,16H,1-2,6,10,12-13,15H2,(H,23,29). The molecule has 3 aromatic heterocycles. The SMILES string of the molecule is O=C(CCn1cnc2ccccc2c1=O)NCCCCCc1nnc2ccccn12. The van der Waals surface area contributed by atoms with Gasteiger partial charge in [0.1, 0.15) is 5.82 Å². The van der Waals surface area contributed by atoms with Crippen molar-refractivity contribution >= 4 is 22.5 Å². The van der Waals surface area contributed by atoms with Crippen molar-refractivity contribution < 1.29 is 4.79 Å². The van der Waals surface area contributed by atoms with Gasteiger partial charge in [-0.05, 0) is 37.1 Å². The lowest BCUT2D eigenvalue weighted by atomic mass is 10.2. The fourth-order valence-corrected chi connectivity index (χ4v) is 3.45. The van der Waals surface area contributed by atoms with Crippen molar-refractivity contribution in [3.05, 3.63) is 71.2 Å². The molecule has 0 spiro atoms. The molecular formula is C22H24N6O2. The highest BCUT2D eigenvalue weighted by molar-refractivity contribution is 5.77. The lowest BCUT2D eigenvalue weighted by Crippen LogP contribution is -2.28. The van der Waals surface area contributed by atoms with E-state index in [-0.39, 0.29) is 17.9 Å². The van der Waals surface area contributed by atoms with Crippen LogP contribution in [0.2, 0.25) is 0 Å². The predicted octanol–water partition coefficient (Wildman–Crippen LogP) is 2.36. The van der Waals surface area contributed by atoms with Gasteiger partial charge in [-0.25, -0.2) is 4.98 Å². The molecule has 0 aliphatic heterocycles. The van der Waals surface area contributed by atoms with Crippen LogP contribution >= 0.6 is 0 Å². The van der Waals surface area contributed by atoms with Gasteiger partial charge in [0.15, 0.2) is 5.65 Å². The summed E-state index contributed by atoms with van der Waals surface area (Å²) in [6.07, 6.45) is 7.48. The Morgan fingerprint density at radius 2 is 1.87 bits per heavy atom. The van der Waals surface area contributed by atoms with E-state index in [1.165, 1.54) is 10.9 Å². The highest BCUT2D eigenvalue weighted by atomic mass is 16.1. The van der Waals surface area contributed by atoms with Crippen molar-refractivity contribution in [2.45, 2.75) is 38.6 Å². The zero-order chi connectivity index (χ0) is 20.8. The maximum atomic E-state index is 12.4. The van der Waals surface area contributed by atoms with Crippen molar-refractivity contribution in [1.29, 1.82) is 0 Å². The first-order valence-corrected chi connectivity index (χ1v) is 10.2. The van der Waals surface area contributed by atoms with Crippen molar-refractivity contribution in [2.24, 2.45) is 0 Å². The number of aromatic nitrogens is 5. The molecule has 0 aliphatic rings. The summed E-state index contributed by atoms with van der Waals surface area (Å²) in [5.74, 6) is 0.905. The molecular weight excluding hydrogens is 380 g/mol. The number of aryl methyl sites for hydroxylation is 2. The third-order valence-corrected chi connectivity index (χ3v) is 5.09. The summed E-state index contributed by atoms with van der Waals surface area (Å²) in [4.78, 5) is 28.8. The Kier molecular flexibility index (Phi) is 6.12. The minimum absolute atomic E-state index is 0.0569. The summed E-state index contributed by atoms with van der Waals surface area (Å²) in [6, 6.07) is 13.1. The van der Waals surface area contributed by atoms with Gasteiger partial charge < -0.3 is 5.32 Å². The van der Waals surface area contributed by atoms with Gasteiger partial charge in [-0.3, -0.25) is 18.6 Å². The maximum absolute atomic E-state index is 12.4. The van der Waals surface area contributed by atoms with Gasteiger partial charge in [0, 0.05) is 32.1 Å². The summed E-state index contributed by atoms with van der Waals surface area (Å²) >= 11 is 0. The number of carbonyl (C=O) groups excluding carboxylic acids is 1. The molecule has 0 unspecified atom stereocenters. The third-order valence-electron chi connectivity index (χ3n) is 5.09. The van der Waals surface area contributed by atoms with E-state index in [9.17, 15) is 9.59 Å². The Balaban J connectivity index is 1.16. The molecule has 3 heterocycles. The second kappa shape index (κ2) is 9.30. The lowest BCUT2D eigenvalue weighted by Gasteiger charge is -2.08. The van der Waals surface area contributed by atoms with E-state index in [1.807, 2.05) is 40.9 Å². The zero-order valence-corrected chi connectivity index (χ0v) is 16.7. The van der Waals surface area contributed by atoms with Crippen LogP contribution in [0.4, 0.5) is 0 Å². The van der Waals surface area contributed by atoms with Crippen molar-refractivity contribution in [3.8, 4) is 0 Å². The molecule has 1 amide bonds. The van der Waals surface area contributed by atoms with Crippen molar-refractivity contribution in [2.75, 3.05) is 6.54 Å². The zero-order valence-electron chi connectivity index (χ0n) is 16.7. The van der Waals surface area contributed by atoms with Gasteiger partial charge in [-0.15, -0.1) is 10.2 Å². The monoisotopic (exact) mass is 404 g/mol. The first-order chi connectivity index (χ1) is 14.7. The molecule has 4 aromatic rings. The molecule has 4 rings (SSSR count). The fraction of sp³-hybridized carbons (Fsp3) is 0.318. The number of unbranched alkanes of at least 4 members (excludes halogenated alkanes) is 2. The van der Waals surface area contributed by atoms with Crippen LogP contribution in [0, 0.1) is 0 Å². The van der Waals surface area contributed by atoms with Gasteiger partial charge in [-0.2, -0.15) is 0 Å². The molecule has 0 aliphatic carbocycles. The van der Waals surface area contributed by atoms with Gasteiger partial charge in [0.05, 0.1) is 17.2 Å². The van der Waals surface area contributed by atoms with E-state index in [2.05, 4.69) is 20.5 Å². The molecule has 30 heavy (non-hydrogen) atoms. The Labute approximate surface area is 173 Å². The van der Waals surface area contributed by atoms with Gasteiger partial charge >= 0.3 is 0 Å². The van der Waals surface area contributed by atoms with E-state index < -0.39 is 0 Å². The molecule has 0 saturated heterocycles. The number of rotatable bonds is 9.